The van der Waals surface area contributed by atoms with Gasteiger partial charge in [-0.05, 0) is 18.6 Å². The lowest BCUT2D eigenvalue weighted by molar-refractivity contribution is -0.125. The molecule has 0 bridgehead atoms. The van der Waals surface area contributed by atoms with Crippen LogP contribution in [-0.4, -0.2) is 55.3 Å². The van der Waals surface area contributed by atoms with Crippen LogP contribution >= 0.6 is 0 Å². The molecule has 2 saturated heterocycles. The molecule has 0 radical (unpaired) electrons. The monoisotopic (exact) mass is 316 g/mol. The molecule has 1 aromatic carbocycles. The predicted octanol–water partition coefficient (Wildman–Crippen LogP) is 0.184. The van der Waals surface area contributed by atoms with Gasteiger partial charge < -0.3 is 15.5 Å². The highest BCUT2D eigenvalue weighted by atomic mass is 16.2. The quantitative estimate of drug-likeness (QED) is 0.830. The highest BCUT2D eigenvalue weighted by Crippen LogP contribution is 2.29. The van der Waals surface area contributed by atoms with Crippen molar-refractivity contribution in [3.05, 3.63) is 24.3 Å². The van der Waals surface area contributed by atoms with Crippen LogP contribution < -0.4 is 15.5 Å². The van der Waals surface area contributed by atoms with Crippen LogP contribution in [0.3, 0.4) is 0 Å². The third kappa shape index (κ3) is 3.68. The molecule has 1 aromatic rings. The molecule has 2 heterocycles. The molecule has 2 N–H and O–H groups in total. The molecule has 0 aliphatic carbocycles. The van der Waals surface area contributed by atoms with E-state index in [0.29, 0.717) is 31.7 Å². The summed E-state index contributed by atoms with van der Waals surface area (Å²) in [5.74, 6) is -0.162. The molecule has 23 heavy (non-hydrogen) atoms. The summed E-state index contributed by atoms with van der Waals surface area (Å²) in [5.41, 5.74) is 1.37. The van der Waals surface area contributed by atoms with Gasteiger partial charge in [-0.1, -0.05) is 12.1 Å². The molecule has 0 saturated carbocycles. The molecular weight excluding hydrogens is 296 g/mol. The summed E-state index contributed by atoms with van der Waals surface area (Å²) in [6.45, 7) is 2.30. The van der Waals surface area contributed by atoms with E-state index in [0.717, 1.165) is 12.1 Å². The lowest BCUT2D eigenvalue weighted by Gasteiger charge is -2.26. The average Bonchev–Trinajstić information content (AvgIpc) is 2.94. The van der Waals surface area contributed by atoms with Crippen LogP contribution in [0.4, 0.5) is 11.4 Å². The third-order valence-electron chi connectivity index (χ3n) is 4.03. The first-order chi connectivity index (χ1) is 11.1. The zero-order chi connectivity index (χ0) is 16.2. The summed E-state index contributed by atoms with van der Waals surface area (Å²) in [6, 6.07) is 7.31. The van der Waals surface area contributed by atoms with E-state index in [9.17, 15) is 14.4 Å². The molecule has 122 valence electrons. The lowest BCUT2D eigenvalue weighted by Crippen LogP contribution is -2.49. The van der Waals surface area contributed by atoms with Crippen LogP contribution in [0.1, 0.15) is 12.8 Å². The predicted molar refractivity (Wildman–Crippen MR) is 86.1 cm³/mol. The first-order valence-corrected chi connectivity index (χ1v) is 7.82. The molecule has 0 spiro atoms. The first kappa shape index (κ1) is 15.5. The minimum absolute atomic E-state index is 0.0629. The zero-order valence-electron chi connectivity index (χ0n) is 12.9. The number of amides is 3. The van der Waals surface area contributed by atoms with Gasteiger partial charge in [-0.15, -0.1) is 0 Å². The number of anilines is 2. The Kier molecular flexibility index (Phi) is 4.57. The number of para-hydroxylation sites is 2. The number of hydrogen-bond acceptors (Lipinski definition) is 4. The van der Waals surface area contributed by atoms with Gasteiger partial charge in [0, 0.05) is 26.1 Å². The largest absolute Gasteiger partial charge is 0.354 e. The molecule has 2 aliphatic heterocycles. The van der Waals surface area contributed by atoms with Crippen molar-refractivity contribution in [2.24, 2.45) is 0 Å². The van der Waals surface area contributed by atoms with Crippen LogP contribution in [0.15, 0.2) is 24.3 Å². The molecule has 0 unspecified atom stereocenters. The Morgan fingerprint density at radius 1 is 1.22 bits per heavy atom. The van der Waals surface area contributed by atoms with Crippen molar-refractivity contribution >= 4 is 29.1 Å². The van der Waals surface area contributed by atoms with Gasteiger partial charge >= 0.3 is 0 Å². The topological polar surface area (TPSA) is 81.8 Å². The van der Waals surface area contributed by atoms with E-state index in [4.69, 9.17) is 0 Å². The number of hydrogen-bond donors (Lipinski definition) is 2. The van der Waals surface area contributed by atoms with E-state index >= 15 is 0 Å². The van der Waals surface area contributed by atoms with E-state index in [1.165, 1.54) is 0 Å². The Morgan fingerprint density at radius 3 is 2.78 bits per heavy atom. The summed E-state index contributed by atoms with van der Waals surface area (Å²) in [4.78, 5) is 39.0. The molecule has 3 amide bonds. The third-order valence-corrected chi connectivity index (χ3v) is 4.03. The molecule has 7 heteroatoms. The number of carbonyl (C=O) groups is 3. The van der Waals surface area contributed by atoms with Crippen LogP contribution in [0.5, 0.6) is 0 Å². The summed E-state index contributed by atoms with van der Waals surface area (Å²) in [5, 5.41) is 5.59. The van der Waals surface area contributed by atoms with Crippen molar-refractivity contribution in [2.45, 2.75) is 12.8 Å². The second kappa shape index (κ2) is 6.78. The maximum atomic E-state index is 12.2. The van der Waals surface area contributed by atoms with Gasteiger partial charge in [-0.25, -0.2) is 0 Å². The van der Waals surface area contributed by atoms with E-state index < -0.39 is 0 Å². The fraction of sp³-hybridized carbons (Fsp3) is 0.438. The van der Waals surface area contributed by atoms with Crippen LogP contribution in [-0.2, 0) is 14.4 Å². The fourth-order valence-corrected chi connectivity index (χ4v) is 2.94. The van der Waals surface area contributed by atoms with Crippen molar-refractivity contribution in [1.29, 1.82) is 0 Å². The van der Waals surface area contributed by atoms with Gasteiger partial charge in [-0.3, -0.25) is 19.3 Å². The standard InChI is InChI=1S/C16H20N4O3/c21-14-10-19(9-7-17-14)11-15(22)18-12-4-1-2-5-13(12)20-8-3-6-16(20)23/h1-2,4-5H,3,6-11H2,(H,17,21)(H,18,22). The van der Waals surface area contributed by atoms with Gasteiger partial charge in [-0.2, -0.15) is 0 Å². The Hall–Kier alpha value is -2.41. The Balaban J connectivity index is 1.66. The smallest absolute Gasteiger partial charge is 0.238 e. The number of nitrogens with one attached hydrogen (secondary N) is 2. The summed E-state index contributed by atoms with van der Waals surface area (Å²) < 4.78 is 0. The molecule has 0 aromatic heterocycles. The summed E-state index contributed by atoms with van der Waals surface area (Å²) >= 11 is 0. The normalized spacial score (nSPS) is 18.9. The zero-order valence-corrected chi connectivity index (χ0v) is 12.9. The summed E-state index contributed by atoms with van der Waals surface area (Å²) in [6.07, 6.45) is 1.38. The van der Waals surface area contributed by atoms with E-state index in [-0.39, 0.29) is 30.8 Å². The molecule has 2 fully saturated rings. The van der Waals surface area contributed by atoms with E-state index in [1.54, 1.807) is 15.9 Å². The highest BCUT2D eigenvalue weighted by molar-refractivity contribution is 6.02. The fourth-order valence-electron chi connectivity index (χ4n) is 2.94. The molecule has 3 rings (SSSR count). The van der Waals surface area contributed by atoms with Crippen molar-refractivity contribution in [3.8, 4) is 0 Å². The van der Waals surface area contributed by atoms with Gasteiger partial charge in [0.15, 0.2) is 0 Å². The van der Waals surface area contributed by atoms with Gasteiger partial charge in [0.1, 0.15) is 0 Å². The molecule has 7 nitrogen and oxygen atoms in total. The number of rotatable bonds is 4. The number of nitrogens with zero attached hydrogens (tertiary/aromatic N) is 2. The Morgan fingerprint density at radius 2 is 2.04 bits per heavy atom. The molecule has 2 aliphatic rings. The first-order valence-electron chi connectivity index (χ1n) is 7.82. The number of carbonyl (C=O) groups excluding carboxylic acids is 3. The van der Waals surface area contributed by atoms with Gasteiger partial charge in [0.05, 0.1) is 24.5 Å². The lowest BCUT2D eigenvalue weighted by atomic mass is 10.2. The maximum Gasteiger partial charge on any atom is 0.238 e. The van der Waals surface area contributed by atoms with Crippen molar-refractivity contribution in [1.82, 2.24) is 10.2 Å². The van der Waals surface area contributed by atoms with Crippen molar-refractivity contribution in [3.63, 3.8) is 0 Å². The molecule has 0 atom stereocenters. The van der Waals surface area contributed by atoms with Gasteiger partial charge in [0.2, 0.25) is 17.7 Å². The minimum Gasteiger partial charge on any atom is -0.354 e. The van der Waals surface area contributed by atoms with Gasteiger partial charge in [0.25, 0.3) is 0 Å². The second-order valence-corrected chi connectivity index (χ2v) is 5.77. The van der Waals surface area contributed by atoms with Crippen LogP contribution in [0.25, 0.3) is 0 Å². The van der Waals surface area contributed by atoms with Crippen molar-refractivity contribution < 1.29 is 14.4 Å². The van der Waals surface area contributed by atoms with Crippen LogP contribution in [0.2, 0.25) is 0 Å². The number of piperazine rings is 1. The van der Waals surface area contributed by atoms with E-state index in [1.807, 2.05) is 18.2 Å². The Bertz CT molecular complexity index is 632. The highest BCUT2D eigenvalue weighted by Gasteiger charge is 2.24. The number of benzene rings is 1. The minimum atomic E-state index is -0.182. The van der Waals surface area contributed by atoms with Crippen molar-refractivity contribution in [2.75, 3.05) is 42.9 Å². The second-order valence-electron chi connectivity index (χ2n) is 5.77. The SMILES string of the molecule is O=C1CN(CC(=O)Nc2ccccc2N2CCCC2=O)CCN1. The Labute approximate surface area is 134 Å². The maximum absolute atomic E-state index is 12.2. The molecular formula is C16H20N4O3. The summed E-state index contributed by atoms with van der Waals surface area (Å²) in [7, 11) is 0. The van der Waals surface area contributed by atoms with E-state index in [2.05, 4.69) is 10.6 Å². The average molecular weight is 316 g/mol. The van der Waals surface area contributed by atoms with Crippen LogP contribution in [0, 0.1) is 0 Å².